The molecule has 3 aromatic rings. The van der Waals surface area contributed by atoms with Crippen LogP contribution in [0.5, 0.6) is 5.75 Å². The highest BCUT2D eigenvalue weighted by atomic mass is 35.5. The van der Waals surface area contributed by atoms with Gasteiger partial charge in [0.1, 0.15) is 5.75 Å². The number of amides is 1. The molecule has 0 fully saturated rings. The molecule has 3 rings (SSSR count). The van der Waals surface area contributed by atoms with Crippen molar-refractivity contribution in [2.75, 3.05) is 7.05 Å². The number of rotatable bonds is 4. The maximum Gasteiger partial charge on any atom is 0.276 e. The SMILES string of the molecule is CN(Cc1ccc(O)cc1)C(=O)c1cn(-c2ccccc2Cl)nn1. The van der Waals surface area contributed by atoms with Gasteiger partial charge in [-0.05, 0) is 29.8 Å². The van der Waals surface area contributed by atoms with Crippen LogP contribution in [0.4, 0.5) is 0 Å². The quantitative estimate of drug-likeness (QED) is 0.791. The summed E-state index contributed by atoms with van der Waals surface area (Å²) in [7, 11) is 1.68. The van der Waals surface area contributed by atoms with Crippen molar-refractivity contribution >= 4 is 17.5 Å². The second kappa shape index (κ2) is 6.72. The molecule has 0 aliphatic heterocycles. The van der Waals surface area contributed by atoms with E-state index in [1.807, 2.05) is 12.1 Å². The van der Waals surface area contributed by atoms with Crippen LogP contribution < -0.4 is 0 Å². The first kappa shape index (κ1) is 16.0. The van der Waals surface area contributed by atoms with Gasteiger partial charge < -0.3 is 10.0 Å². The molecular weight excluding hydrogens is 328 g/mol. The Morgan fingerprint density at radius 1 is 1.21 bits per heavy atom. The van der Waals surface area contributed by atoms with Gasteiger partial charge in [-0.1, -0.05) is 41.1 Å². The third-order valence-electron chi connectivity index (χ3n) is 3.51. The van der Waals surface area contributed by atoms with E-state index in [1.54, 1.807) is 49.6 Å². The number of para-hydroxylation sites is 1. The standard InChI is InChI=1S/C17H15ClN4O2/c1-21(10-12-6-8-13(23)9-7-12)17(24)15-11-22(20-19-15)16-5-3-2-4-14(16)18/h2-9,11,23H,10H2,1H3. The summed E-state index contributed by atoms with van der Waals surface area (Å²) in [6.07, 6.45) is 1.55. The van der Waals surface area contributed by atoms with Gasteiger partial charge in [0, 0.05) is 13.6 Å². The highest BCUT2D eigenvalue weighted by molar-refractivity contribution is 6.32. The van der Waals surface area contributed by atoms with Gasteiger partial charge in [-0.2, -0.15) is 0 Å². The largest absolute Gasteiger partial charge is 0.508 e. The topological polar surface area (TPSA) is 71.2 Å². The van der Waals surface area contributed by atoms with Gasteiger partial charge in [-0.3, -0.25) is 4.79 Å². The first-order valence-corrected chi connectivity index (χ1v) is 7.63. The van der Waals surface area contributed by atoms with Gasteiger partial charge in [0.15, 0.2) is 5.69 Å². The van der Waals surface area contributed by atoms with Crippen LogP contribution in [0.15, 0.2) is 54.7 Å². The van der Waals surface area contributed by atoms with Gasteiger partial charge in [0.2, 0.25) is 0 Å². The van der Waals surface area contributed by atoms with Crippen molar-refractivity contribution in [1.82, 2.24) is 19.9 Å². The summed E-state index contributed by atoms with van der Waals surface area (Å²) >= 11 is 6.13. The molecule has 2 aromatic carbocycles. The summed E-state index contributed by atoms with van der Waals surface area (Å²) in [5, 5.41) is 17.7. The minimum atomic E-state index is -0.249. The van der Waals surface area contributed by atoms with Crippen LogP contribution in [0.3, 0.4) is 0 Å². The Kier molecular flexibility index (Phi) is 4.48. The summed E-state index contributed by atoms with van der Waals surface area (Å²) in [6, 6.07) is 13.9. The lowest BCUT2D eigenvalue weighted by molar-refractivity contribution is 0.0779. The zero-order chi connectivity index (χ0) is 17.1. The van der Waals surface area contributed by atoms with E-state index in [-0.39, 0.29) is 17.4 Å². The zero-order valence-corrected chi connectivity index (χ0v) is 13.7. The van der Waals surface area contributed by atoms with E-state index >= 15 is 0 Å². The Morgan fingerprint density at radius 2 is 1.92 bits per heavy atom. The third-order valence-corrected chi connectivity index (χ3v) is 3.83. The maximum atomic E-state index is 12.5. The number of hydrogen-bond acceptors (Lipinski definition) is 4. The van der Waals surface area contributed by atoms with Crippen LogP contribution in [0.1, 0.15) is 16.1 Å². The average molecular weight is 343 g/mol. The number of phenolic OH excluding ortho intramolecular Hbond substituents is 1. The Morgan fingerprint density at radius 3 is 2.62 bits per heavy atom. The molecule has 0 atom stereocenters. The second-order valence-electron chi connectivity index (χ2n) is 5.33. The normalized spacial score (nSPS) is 10.6. The van der Waals surface area contributed by atoms with Crippen molar-refractivity contribution in [3.8, 4) is 11.4 Å². The maximum absolute atomic E-state index is 12.5. The lowest BCUT2D eigenvalue weighted by Gasteiger charge is -2.15. The lowest BCUT2D eigenvalue weighted by Crippen LogP contribution is -2.26. The number of carbonyl (C=O) groups is 1. The summed E-state index contributed by atoms with van der Waals surface area (Å²) < 4.78 is 1.48. The Balaban J connectivity index is 1.76. The van der Waals surface area contributed by atoms with E-state index < -0.39 is 0 Å². The van der Waals surface area contributed by atoms with Gasteiger partial charge in [0.05, 0.1) is 16.9 Å². The number of nitrogens with zero attached hydrogens (tertiary/aromatic N) is 4. The fourth-order valence-electron chi connectivity index (χ4n) is 2.26. The van der Waals surface area contributed by atoms with Gasteiger partial charge >= 0.3 is 0 Å². The number of phenols is 1. The minimum Gasteiger partial charge on any atom is -0.508 e. The van der Waals surface area contributed by atoms with Crippen molar-refractivity contribution in [2.24, 2.45) is 0 Å². The molecule has 0 saturated heterocycles. The zero-order valence-electron chi connectivity index (χ0n) is 12.9. The fourth-order valence-corrected chi connectivity index (χ4v) is 2.48. The predicted molar refractivity (Wildman–Crippen MR) is 90.3 cm³/mol. The highest BCUT2D eigenvalue weighted by Gasteiger charge is 2.17. The van der Waals surface area contributed by atoms with Crippen LogP contribution in [-0.2, 0) is 6.54 Å². The summed E-state index contributed by atoms with van der Waals surface area (Å²) in [4.78, 5) is 14.0. The molecule has 1 aromatic heterocycles. The van der Waals surface area contributed by atoms with Gasteiger partial charge in [-0.25, -0.2) is 4.68 Å². The first-order chi connectivity index (χ1) is 11.5. The van der Waals surface area contributed by atoms with E-state index in [9.17, 15) is 9.90 Å². The van der Waals surface area contributed by atoms with E-state index in [2.05, 4.69) is 10.3 Å². The van der Waals surface area contributed by atoms with E-state index in [4.69, 9.17) is 11.6 Å². The fraction of sp³-hybridized carbons (Fsp3) is 0.118. The van der Waals surface area contributed by atoms with E-state index in [0.717, 1.165) is 5.56 Å². The van der Waals surface area contributed by atoms with Crippen LogP contribution in [0.25, 0.3) is 5.69 Å². The number of benzene rings is 2. The van der Waals surface area contributed by atoms with Gasteiger partial charge in [0.25, 0.3) is 5.91 Å². The molecule has 1 amide bonds. The lowest BCUT2D eigenvalue weighted by atomic mass is 10.2. The summed E-state index contributed by atoms with van der Waals surface area (Å²) in [6.45, 7) is 0.401. The third kappa shape index (κ3) is 3.38. The molecule has 6 nitrogen and oxygen atoms in total. The minimum absolute atomic E-state index is 0.190. The molecule has 24 heavy (non-hydrogen) atoms. The van der Waals surface area contributed by atoms with Crippen molar-refractivity contribution in [2.45, 2.75) is 6.54 Å². The highest BCUT2D eigenvalue weighted by Crippen LogP contribution is 2.19. The number of halogens is 1. The molecule has 0 saturated carbocycles. The molecule has 0 bridgehead atoms. The van der Waals surface area contributed by atoms with Crippen molar-refractivity contribution in [3.63, 3.8) is 0 Å². The number of hydrogen-bond donors (Lipinski definition) is 1. The summed E-state index contributed by atoms with van der Waals surface area (Å²) in [5.74, 6) is -0.0585. The second-order valence-corrected chi connectivity index (χ2v) is 5.73. The van der Waals surface area contributed by atoms with E-state index in [0.29, 0.717) is 17.3 Å². The molecular formula is C17H15ClN4O2. The molecule has 1 heterocycles. The smallest absolute Gasteiger partial charge is 0.276 e. The monoisotopic (exact) mass is 342 g/mol. The Hall–Kier alpha value is -2.86. The Bertz CT molecular complexity index is 861. The van der Waals surface area contributed by atoms with Crippen LogP contribution >= 0.6 is 11.6 Å². The number of carbonyl (C=O) groups excluding carboxylic acids is 1. The van der Waals surface area contributed by atoms with Crippen molar-refractivity contribution < 1.29 is 9.90 Å². The Labute approximate surface area is 143 Å². The van der Waals surface area contributed by atoms with Crippen LogP contribution in [0.2, 0.25) is 5.02 Å². The number of aromatic nitrogens is 3. The summed E-state index contributed by atoms with van der Waals surface area (Å²) in [5.41, 5.74) is 1.80. The predicted octanol–water partition coefficient (Wildman–Crippen LogP) is 2.90. The first-order valence-electron chi connectivity index (χ1n) is 7.25. The molecule has 0 aliphatic carbocycles. The molecule has 0 radical (unpaired) electrons. The molecule has 7 heteroatoms. The molecule has 0 unspecified atom stereocenters. The average Bonchev–Trinajstić information content (AvgIpc) is 3.06. The number of aromatic hydroxyl groups is 1. The van der Waals surface area contributed by atoms with Gasteiger partial charge in [-0.15, -0.1) is 5.10 Å². The van der Waals surface area contributed by atoms with Crippen molar-refractivity contribution in [1.29, 1.82) is 0 Å². The van der Waals surface area contributed by atoms with E-state index in [1.165, 1.54) is 9.58 Å². The molecule has 1 N–H and O–H groups in total. The van der Waals surface area contributed by atoms with Crippen molar-refractivity contribution in [3.05, 3.63) is 71.0 Å². The van der Waals surface area contributed by atoms with Crippen LogP contribution in [0, 0.1) is 0 Å². The molecule has 122 valence electrons. The molecule has 0 spiro atoms. The molecule has 0 aliphatic rings. The van der Waals surface area contributed by atoms with Crippen LogP contribution in [-0.4, -0.2) is 38.0 Å².